The van der Waals surface area contributed by atoms with E-state index in [0.29, 0.717) is 11.0 Å². The van der Waals surface area contributed by atoms with Gasteiger partial charge in [0.25, 0.3) is 5.69 Å². The van der Waals surface area contributed by atoms with Crippen LogP contribution in [0.2, 0.25) is 5.02 Å². The number of hydrogen-bond donors (Lipinski definition) is 1. The van der Waals surface area contributed by atoms with E-state index in [1.54, 1.807) is 6.07 Å². The summed E-state index contributed by atoms with van der Waals surface area (Å²) in [4.78, 5) is 16.6. The average Bonchev–Trinajstić information content (AvgIpc) is 2.52. The second-order valence-corrected chi connectivity index (χ2v) is 2.83. The highest BCUT2D eigenvalue weighted by atomic mass is 35.5. The van der Waals surface area contributed by atoms with Crippen LogP contribution in [-0.4, -0.2) is 14.9 Å². The fraction of sp³-hybridized carbons (Fsp3) is 0. The zero-order chi connectivity index (χ0) is 9.42. The summed E-state index contributed by atoms with van der Waals surface area (Å²) in [6, 6.07) is 2.93. The number of halogens is 1. The van der Waals surface area contributed by atoms with Crippen molar-refractivity contribution in [1.29, 1.82) is 0 Å². The summed E-state index contributed by atoms with van der Waals surface area (Å²) in [5, 5.41) is 10.5. The zero-order valence-electron chi connectivity index (χ0n) is 6.32. The number of nitrogens with one attached hydrogen (secondary N) is 1. The second kappa shape index (κ2) is 2.70. The molecule has 0 unspecified atom stereocenters. The van der Waals surface area contributed by atoms with Gasteiger partial charge in [0, 0.05) is 6.07 Å². The summed E-state index contributed by atoms with van der Waals surface area (Å²) in [6.45, 7) is 0. The van der Waals surface area contributed by atoms with Gasteiger partial charge in [0.05, 0.1) is 16.8 Å². The SMILES string of the molecule is O=[N+]([O-])c1ccc2[nH]cnc2c1Cl. The van der Waals surface area contributed by atoms with Gasteiger partial charge in [-0.3, -0.25) is 10.1 Å². The van der Waals surface area contributed by atoms with Crippen LogP contribution in [0.5, 0.6) is 0 Å². The van der Waals surface area contributed by atoms with E-state index >= 15 is 0 Å². The summed E-state index contributed by atoms with van der Waals surface area (Å²) in [7, 11) is 0. The molecular formula is C7H4ClN3O2. The minimum Gasteiger partial charge on any atom is -0.345 e. The lowest BCUT2D eigenvalue weighted by molar-refractivity contribution is -0.384. The van der Waals surface area contributed by atoms with Gasteiger partial charge in [-0.25, -0.2) is 4.98 Å². The highest BCUT2D eigenvalue weighted by Gasteiger charge is 2.15. The fourth-order valence-corrected chi connectivity index (χ4v) is 1.39. The molecule has 0 bridgehead atoms. The highest BCUT2D eigenvalue weighted by molar-refractivity contribution is 6.37. The third kappa shape index (κ3) is 1.13. The number of nitro groups is 1. The van der Waals surface area contributed by atoms with Gasteiger partial charge in [-0.15, -0.1) is 0 Å². The molecule has 1 aromatic heterocycles. The lowest BCUT2D eigenvalue weighted by Gasteiger charge is -1.94. The molecule has 0 saturated carbocycles. The average molecular weight is 198 g/mol. The topological polar surface area (TPSA) is 71.8 Å². The molecule has 2 aromatic rings. The smallest absolute Gasteiger partial charge is 0.290 e. The van der Waals surface area contributed by atoms with Crippen molar-refractivity contribution in [2.24, 2.45) is 0 Å². The third-order valence-corrected chi connectivity index (χ3v) is 2.08. The lowest BCUT2D eigenvalue weighted by Crippen LogP contribution is -1.89. The van der Waals surface area contributed by atoms with Crippen molar-refractivity contribution in [3.05, 3.63) is 33.6 Å². The lowest BCUT2D eigenvalue weighted by atomic mass is 10.3. The normalized spacial score (nSPS) is 10.5. The number of aromatic amines is 1. The first-order valence-corrected chi connectivity index (χ1v) is 3.84. The number of nitro benzene ring substituents is 1. The maximum atomic E-state index is 10.5. The Morgan fingerprint density at radius 2 is 2.31 bits per heavy atom. The van der Waals surface area contributed by atoms with Crippen molar-refractivity contribution in [2.45, 2.75) is 0 Å². The highest BCUT2D eigenvalue weighted by Crippen LogP contribution is 2.30. The molecule has 66 valence electrons. The summed E-state index contributed by atoms with van der Waals surface area (Å²) in [5.74, 6) is 0. The quantitative estimate of drug-likeness (QED) is 0.562. The van der Waals surface area contributed by atoms with Crippen molar-refractivity contribution in [3.63, 3.8) is 0 Å². The Morgan fingerprint density at radius 1 is 1.54 bits per heavy atom. The molecular weight excluding hydrogens is 194 g/mol. The summed E-state index contributed by atoms with van der Waals surface area (Å²) in [5.41, 5.74) is 0.993. The van der Waals surface area contributed by atoms with Crippen LogP contribution in [0.1, 0.15) is 0 Å². The number of rotatable bonds is 1. The van der Waals surface area contributed by atoms with E-state index in [0.717, 1.165) is 0 Å². The van der Waals surface area contributed by atoms with Crippen molar-refractivity contribution < 1.29 is 4.92 Å². The van der Waals surface area contributed by atoms with Crippen LogP contribution in [0.15, 0.2) is 18.5 Å². The molecule has 1 aromatic carbocycles. The second-order valence-electron chi connectivity index (χ2n) is 2.45. The Hall–Kier alpha value is -1.62. The van der Waals surface area contributed by atoms with Crippen LogP contribution in [0.4, 0.5) is 5.69 Å². The molecule has 0 saturated heterocycles. The summed E-state index contributed by atoms with van der Waals surface area (Å²) < 4.78 is 0. The molecule has 0 spiro atoms. The number of aromatic nitrogens is 2. The maximum absolute atomic E-state index is 10.5. The Balaban J connectivity index is 2.80. The van der Waals surface area contributed by atoms with Crippen LogP contribution < -0.4 is 0 Å². The zero-order valence-corrected chi connectivity index (χ0v) is 7.08. The molecule has 5 nitrogen and oxygen atoms in total. The molecule has 6 heteroatoms. The third-order valence-electron chi connectivity index (χ3n) is 1.71. The van der Waals surface area contributed by atoms with E-state index in [2.05, 4.69) is 9.97 Å². The minimum absolute atomic E-state index is 0.0729. The molecule has 13 heavy (non-hydrogen) atoms. The summed E-state index contributed by atoms with van der Waals surface area (Å²) >= 11 is 5.75. The first kappa shape index (κ1) is 8.00. The molecule has 0 amide bonds. The number of benzene rings is 1. The number of imidazole rings is 1. The molecule has 0 aliphatic heterocycles. The van der Waals surface area contributed by atoms with Crippen molar-refractivity contribution in [3.8, 4) is 0 Å². The molecule has 0 aliphatic rings. The number of fused-ring (bicyclic) bond motifs is 1. The molecule has 0 aliphatic carbocycles. The van der Waals surface area contributed by atoms with Gasteiger partial charge in [-0.2, -0.15) is 0 Å². The van der Waals surface area contributed by atoms with E-state index in [-0.39, 0.29) is 10.7 Å². The molecule has 2 rings (SSSR count). The Bertz CT molecular complexity index is 480. The molecule has 0 atom stereocenters. The largest absolute Gasteiger partial charge is 0.345 e. The molecule has 1 heterocycles. The Morgan fingerprint density at radius 3 is 3.00 bits per heavy atom. The van der Waals surface area contributed by atoms with Gasteiger partial charge >= 0.3 is 0 Å². The molecule has 0 fully saturated rings. The maximum Gasteiger partial charge on any atom is 0.290 e. The first-order valence-electron chi connectivity index (χ1n) is 3.46. The molecule has 0 radical (unpaired) electrons. The number of hydrogen-bond acceptors (Lipinski definition) is 3. The standard InChI is InChI=1S/C7H4ClN3O2/c8-6-5(11(12)13)2-1-4-7(6)10-3-9-4/h1-3H,(H,9,10). The van der Waals surface area contributed by atoms with Gasteiger partial charge in [0.2, 0.25) is 0 Å². The van der Waals surface area contributed by atoms with Crippen LogP contribution >= 0.6 is 11.6 Å². The fourth-order valence-electron chi connectivity index (χ4n) is 1.10. The minimum atomic E-state index is -0.531. The van der Waals surface area contributed by atoms with E-state index in [4.69, 9.17) is 11.6 Å². The monoisotopic (exact) mass is 197 g/mol. The van der Waals surface area contributed by atoms with E-state index < -0.39 is 4.92 Å². The van der Waals surface area contributed by atoms with E-state index in [9.17, 15) is 10.1 Å². The van der Waals surface area contributed by atoms with Gasteiger partial charge in [0.1, 0.15) is 10.5 Å². The first-order chi connectivity index (χ1) is 6.20. The summed E-state index contributed by atoms with van der Waals surface area (Å²) in [6.07, 6.45) is 1.44. The Kier molecular flexibility index (Phi) is 1.66. The Labute approximate surface area is 77.5 Å². The van der Waals surface area contributed by atoms with Crippen LogP contribution in [0.3, 0.4) is 0 Å². The number of nitrogens with zero attached hydrogens (tertiary/aromatic N) is 2. The number of H-pyrrole nitrogens is 1. The predicted octanol–water partition coefficient (Wildman–Crippen LogP) is 2.12. The molecule has 1 N–H and O–H groups in total. The van der Waals surface area contributed by atoms with Crippen molar-refractivity contribution >= 4 is 28.3 Å². The van der Waals surface area contributed by atoms with Gasteiger partial charge in [0.15, 0.2) is 0 Å². The van der Waals surface area contributed by atoms with E-state index in [1.165, 1.54) is 12.4 Å². The van der Waals surface area contributed by atoms with Gasteiger partial charge in [-0.1, -0.05) is 11.6 Å². The predicted molar refractivity (Wildman–Crippen MR) is 47.8 cm³/mol. The van der Waals surface area contributed by atoms with Crippen LogP contribution in [0, 0.1) is 10.1 Å². The van der Waals surface area contributed by atoms with Gasteiger partial charge in [-0.05, 0) is 6.07 Å². The van der Waals surface area contributed by atoms with Gasteiger partial charge < -0.3 is 4.98 Å². The van der Waals surface area contributed by atoms with Crippen molar-refractivity contribution in [2.75, 3.05) is 0 Å². The van der Waals surface area contributed by atoms with E-state index in [1.807, 2.05) is 0 Å². The van der Waals surface area contributed by atoms with Crippen LogP contribution in [-0.2, 0) is 0 Å². The van der Waals surface area contributed by atoms with Crippen LogP contribution in [0.25, 0.3) is 11.0 Å². The van der Waals surface area contributed by atoms with Crippen molar-refractivity contribution in [1.82, 2.24) is 9.97 Å².